The van der Waals surface area contributed by atoms with Crippen molar-refractivity contribution in [3.63, 3.8) is 0 Å². The molecule has 0 amide bonds. The number of carbonyl (C=O) groups is 1. The molecule has 5 aliphatic heterocycles. The first-order valence-electron chi connectivity index (χ1n) is 20.2. The fourth-order valence-corrected chi connectivity index (χ4v) is 13.8. The van der Waals surface area contributed by atoms with E-state index in [2.05, 4.69) is 110 Å². The summed E-state index contributed by atoms with van der Waals surface area (Å²) in [5.74, 6) is 0.258. The molecule has 1 spiro atoms. The lowest BCUT2D eigenvalue weighted by Crippen LogP contribution is -2.78. The Morgan fingerprint density at radius 1 is 1.04 bits per heavy atom. The van der Waals surface area contributed by atoms with Crippen LogP contribution in [0.25, 0.3) is 10.9 Å². The number of hydrogen-bond donors (Lipinski definition) is 2. The maximum atomic E-state index is 13.0. The molecule has 6 heterocycles. The third-order valence-electron chi connectivity index (χ3n) is 15.6. The minimum absolute atomic E-state index is 0.109. The fraction of sp³-hybridized carbons (Fsp3) is 0.622. The number of para-hydroxylation sites is 1. The number of anilines is 1. The van der Waals surface area contributed by atoms with Gasteiger partial charge in [-0.2, -0.15) is 0 Å². The van der Waals surface area contributed by atoms with Crippen LogP contribution in [-0.2, 0) is 26.8 Å². The first kappa shape index (κ1) is 34.6. The van der Waals surface area contributed by atoms with E-state index in [9.17, 15) is 9.90 Å². The Kier molecular flexibility index (Phi) is 7.62. The van der Waals surface area contributed by atoms with E-state index in [4.69, 9.17) is 4.74 Å². The Morgan fingerprint density at radius 3 is 2.58 bits per heavy atom. The highest BCUT2D eigenvalue weighted by Gasteiger charge is 2.76. The smallest absolute Gasteiger partial charge is 0.303 e. The quantitative estimate of drug-likeness (QED) is 0.220. The molecule has 0 radical (unpaired) electrons. The molecular weight excluding hydrogens is 645 g/mol. The number of fused-ring (bicyclic) bond motifs is 6. The van der Waals surface area contributed by atoms with Gasteiger partial charge in [-0.15, -0.1) is 0 Å². The highest BCUT2D eigenvalue weighted by molar-refractivity contribution is 5.86. The van der Waals surface area contributed by atoms with Crippen molar-refractivity contribution in [2.75, 3.05) is 44.7 Å². The molecule has 7 heteroatoms. The van der Waals surface area contributed by atoms with Crippen LogP contribution in [0.5, 0.6) is 0 Å². The molecule has 52 heavy (non-hydrogen) atoms. The second-order valence-corrected chi connectivity index (χ2v) is 18.7. The SMILES string of the molecule is CCC1(C)C[C@H]2CN(CCc3c([nH]c4ccccc34)[C@@](C)(c3cc4c(cc3C)N(C)[C@H]3[C@@](C)(O)[C@H](OC(C)=O)[C@]5(CC)C=CCN6CC[C@]43[C@@H]65)C2)C1. The van der Waals surface area contributed by atoms with Gasteiger partial charge in [0.2, 0.25) is 0 Å². The number of H-pyrrole nitrogens is 1. The second kappa shape index (κ2) is 11.4. The van der Waals surface area contributed by atoms with Crippen LogP contribution in [0, 0.1) is 23.7 Å². The number of carbonyl (C=O) groups excluding carboxylic acids is 1. The van der Waals surface area contributed by atoms with Crippen molar-refractivity contribution in [2.45, 2.75) is 122 Å². The van der Waals surface area contributed by atoms with Gasteiger partial charge >= 0.3 is 5.97 Å². The standard InChI is InChI=1S/C45H60N4O3/c1-9-41(5)24-30-25-42(6,37-32(16-20-48(26-30)27-41)31-14-11-12-15-35(31)46-37)33-23-34-36(22-28(33)3)47(8)38-43(7,51)40(52-29(4)50)44(10-2)17-13-19-49-21-18-45(34,38)39(44)49/h11-15,17,22-23,30,38-40,46,51H,9-10,16,18-21,24-27H2,1-8H3/t30-,38+,39+,40+,41?,42-,43-,44-,45+/m1/s1. The lowest BCUT2D eigenvalue weighted by Gasteiger charge is -2.64. The highest BCUT2D eigenvalue weighted by atomic mass is 16.6. The minimum atomic E-state index is -1.28. The molecule has 6 aliphatic rings. The van der Waals surface area contributed by atoms with Crippen LogP contribution in [0.3, 0.4) is 0 Å². The summed E-state index contributed by atoms with van der Waals surface area (Å²) in [6.45, 7) is 20.7. The molecule has 3 fully saturated rings. The number of nitrogens with one attached hydrogen (secondary N) is 1. The molecule has 1 aliphatic carbocycles. The van der Waals surface area contributed by atoms with E-state index < -0.39 is 17.1 Å². The van der Waals surface area contributed by atoms with Crippen LogP contribution in [0.4, 0.5) is 5.69 Å². The molecule has 2 N–H and O–H groups in total. The van der Waals surface area contributed by atoms with Gasteiger partial charge in [0.1, 0.15) is 11.7 Å². The van der Waals surface area contributed by atoms with Crippen molar-refractivity contribution in [2.24, 2.45) is 16.7 Å². The number of esters is 1. The zero-order valence-electron chi connectivity index (χ0n) is 32.8. The van der Waals surface area contributed by atoms with Crippen molar-refractivity contribution < 1.29 is 14.6 Å². The molecule has 2 unspecified atom stereocenters. The van der Waals surface area contributed by atoms with Crippen molar-refractivity contribution >= 4 is 22.6 Å². The number of aryl methyl sites for hydroxylation is 1. The largest absolute Gasteiger partial charge is 0.458 e. The monoisotopic (exact) mass is 704 g/mol. The maximum Gasteiger partial charge on any atom is 0.303 e. The predicted molar refractivity (Wildman–Crippen MR) is 209 cm³/mol. The summed E-state index contributed by atoms with van der Waals surface area (Å²) in [5, 5.41) is 14.3. The van der Waals surface area contributed by atoms with Gasteiger partial charge in [-0.1, -0.05) is 57.2 Å². The Bertz CT molecular complexity index is 1980. The summed E-state index contributed by atoms with van der Waals surface area (Å²) >= 11 is 0. The highest BCUT2D eigenvalue weighted by Crippen LogP contribution is 2.67. The minimum Gasteiger partial charge on any atom is -0.458 e. The molecule has 278 valence electrons. The third-order valence-corrected chi connectivity index (χ3v) is 15.6. The molecule has 7 nitrogen and oxygen atoms in total. The van der Waals surface area contributed by atoms with Crippen LogP contribution in [0.1, 0.15) is 102 Å². The van der Waals surface area contributed by atoms with E-state index in [1.165, 1.54) is 70.8 Å². The number of ether oxygens (including phenoxy) is 1. The first-order valence-corrected chi connectivity index (χ1v) is 20.2. The van der Waals surface area contributed by atoms with Crippen LogP contribution in [-0.4, -0.2) is 89.4 Å². The van der Waals surface area contributed by atoms with Crippen LogP contribution in [0.15, 0.2) is 48.6 Å². The summed E-state index contributed by atoms with van der Waals surface area (Å²) in [4.78, 5) is 24.7. The van der Waals surface area contributed by atoms with Gasteiger partial charge in [0, 0.05) is 84.7 Å². The molecule has 1 saturated carbocycles. The Hall–Kier alpha value is -3.13. The van der Waals surface area contributed by atoms with Gasteiger partial charge in [0.15, 0.2) is 0 Å². The summed E-state index contributed by atoms with van der Waals surface area (Å²) in [7, 11) is 2.18. The molecule has 2 saturated heterocycles. The Morgan fingerprint density at radius 2 is 1.83 bits per heavy atom. The molecule has 9 rings (SSSR count). The van der Waals surface area contributed by atoms with Gasteiger partial charge in [-0.05, 0) is 112 Å². The van der Waals surface area contributed by atoms with E-state index >= 15 is 0 Å². The maximum absolute atomic E-state index is 13.0. The number of nitrogens with zero attached hydrogens (tertiary/aromatic N) is 3. The average molecular weight is 705 g/mol. The number of aliphatic hydroxyl groups is 1. The second-order valence-electron chi connectivity index (χ2n) is 18.7. The zero-order chi connectivity index (χ0) is 36.6. The van der Waals surface area contributed by atoms with E-state index in [0.717, 1.165) is 51.9 Å². The first-order chi connectivity index (χ1) is 24.7. The number of piperidine rings is 1. The number of aromatic nitrogens is 1. The number of aromatic amines is 1. The van der Waals surface area contributed by atoms with E-state index in [1.54, 1.807) is 0 Å². The summed E-state index contributed by atoms with van der Waals surface area (Å²) in [6, 6.07) is 13.9. The number of hydrogen-bond acceptors (Lipinski definition) is 6. The van der Waals surface area contributed by atoms with E-state index in [0.29, 0.717) is 11.3 Å². The Labute approximate surface area is 310 Å². The summed E-state index contributed by atoms with van der Waals surface area (Å²) < 4.78 is 6.27. The van der Waals surface area contributed by atoms with Crippen LogP contribution >= 0.6 is 0 Å². The average Bonchev–Trinajstić information content (AvgIpc) is 3.76. The molecule has 10 atom stereocenters. The number of rotatable bonds is 4. The van der Waals surface area contributed by atoms with Gasteiger partial charge < -0.3 is 24.6 Å². The topological polar surface area (TPSA) is 72.0 Å². The molecule has 2 bridgehead atoms. The van der Waals surface area contributed by atoms with Gasteiger partial charge in [0.25, 0.3) is 0 Å². The van der Waals surface area contributed by atoms with Crippen molar-refractivity contribution in [3.05, 3.63) is 76.5 Å². The van der Waals surface area contributed by atoms with Gasteiger partial charge in [-0.3, -0.25) is 9.69 Å². The molecule has 2 aromatic carbocycles. The molecule has 3 aromatic rings. The van der Waals surface area contributed by atoms with E-state index in [1.807, 2.05) is 6.92 Å². The van der Waals surface area contributed by atoms with Gasteiger partial charge in [0.05, 0.1) is 6.04 Å². The number of benzene rings is 2. The van der Waals surface area contributed by atoms with Crippen molar-refractivity contribution in [1.82, 2.24) is 14.8 Å². The fourth-order valence-electron chi connectivity index (χ4n) is 13.8. The van der Waals surface area contributed by atoms with Crippen molar-refractivity contribution in [1.29, 1.82) is 0 Å². The summed E-state index contributed by atoms with van der Waals surface area (Å²) in [5.41, 5.74) is 7.44. The van der Waals surface area contributed by atoms with E-state index in [-0.39, 0.29) is 28.9 Å². The molecular formula is C45H60N4O3. The predicted octanol–water partition coefficient (Wildman–Crippen LogP) is 7.26. The number of likely N-dealkylation sites (N-methyl/N-ethyl adjacent to an activating group) is 1. The van der Waals surface area contributed by atoms with Gasteiger partial charge in [-0.25, -0.2) is 0 Å². The lowest BCUT2D eigenvalue weighted by atomic mass is 9.48. The molecule has 1 aromatic heterocycles. The normalized spacial score (nSPS) is 40.7. The third kappa shape index (κ3) is 4.45. The lowest BCUT2D eigenvalue weighted by molar-refractivity contribution is -0.213. The van der Waals surface area contributed by atoms with Crippen LogP contribution < -0.4 is 4.90 Å². The zero-order valence-corrected chi connectivity index (χ0v) is 32.8. The Balaban J connectivity index is 1.28. The van der Waals surface area contributed by atoms with Crippen LogP contribution in [0.2, 0.25) is 0 Å². The van der Waals surface area contributed by atoms with Crippen molar-refractivity contribution in [3.8, 4) is 0 Å². The summed E-state index contributed by atoms with van der Waals surface area (Å²) in [6.07, 6.45) is 10.3.